The number of alkyl halides is 4. The number of anilines is 1. The van der Waals surface area contributed by atoms with Crippen LogP contribution < -0.4 is 10.5 Å². The summed E-state index contributed by atoms with van der Waals surface area (Å²) in [5, 5.41) is 0. The molecule has 2 N–H and O–H groups in total. The first-order valence-corrected chi connectivity index (χ1v) is 5.06. The normalized spacial score (nSPS) is 11.2. The Balaban J connectivity index is 3.24. The van der Waals surface area contributed by atoms with Gasteiger partial charge in [-0.2, -0.15) is 0 Å². The quantitative estimate of drug-likeness (QED) is 0.677. The standard InChI is InChI=1S/C10H10F4N2O3/c1-2-18-9(17)8-7(15)6(19-10(12,13)14)3-5(4-11)16-8/h3H,2,4,15H2,1H3. The molecule has 0 aliphatic heterocycles. The number of ether oxygens (including phenoxy) is 2. The van der Waals surface area contributed by atoms with E-state index < -0.39 is 41.8 Å². The Morgan fingerprint density at radius 3 is 2.58 bits per heavy atom. The summed E-state index contributed by atoms with van der Waals surface area (Å²) in [6.45, 7) is 0.274. The van der Waals surface area contributed by atoms with E-state index in [0.29, 0.717) is 6.07 Å². The van der Waals surface area contributed by atoms with Gasteiger partial charge in [-0.25, -0.2) is 14.2 Å². The van der Waals surface area contributed by atoms with Crippen molar-refractivity contribution in [3.8, 4) is 5.75 Å². The number of aromatic nitrogens is 1. The largest absolute Gasteiger partial charge is 0.573 e. The zero-order valence-electron chi connectivity index (χ0n) is 9.75. The average Bonchev–Trinajstić information content (AvgIpc) is 2.30. The van der Waals surface area contributed by atoms with Crippen LogP contribution in [0.25, 0.3) is 0 Å². The third-order valence-electron chi connectivity index (χ3n) is 1.91. The van der Waals surface area contributed by atoms with E-state index in [-0.39, 0.29) is 6.61 Å². The van der Waals surface area contributed by atoms with Crippen LogP contribution in [0.1, 0.15) is 23.1 Å². The number of rotatable bonds is 4. The third-order valence-corrected chi connectivity index (χ3v) is 1.91. The molecule has 0 fully saturated rings. The van der Waals surface area contributed by atoms with Crippen LogP contribution in [0.4, 0.5) is 23.2 Å². The van der Waals surface area contributed by atoms with E-state index in [0.717, 1.165) is 0 Å². The average molecular weight is 282 g/mol. The first-order valence-electron chi connectivity index (χ1n) is 5.06. The summed E-state index contributed by atoms with van der Waals surface area (Å²) >= 11 is 0. The lowest BCUT2D eigenvalue weighted by Crippen LogP contribution is -2.20. The van der Waals surface area contributed by atoms with E-state index >= 15 is 0 Å². The first-order chi connectivity index (χ1) is 8.78. The van der Waals surface area contributed by atoms with Crippen molar-refractivity contribution in [2.24, 2.45) is 0 Å². The van der Waals surface area contributed by atoms with E-state index in [1.165, 1.54) is 6.92 Å². The molecule has 0 amide bonds. The van der Waals surface area contributed by atoms with Gasteiger partial charge in [0.25, 0.3) is 0 Å². The molecule has 0 unspecified atom stereocenters. The molecule has 9 heteroatoms. The van der Waals surface area contributed by atoms with E-state index in [1.807, 2.05) is 0 Å². The molecule has 0 saturated carbocycles. The molecule has 1 heterocycles. The van der Waals surface area contributed by atoms with E-state index in [1.54, 1.807) is 0 Å². The zero-order chi connectivity index (χ0) is 14.6. The van der Waals surface area contributed by atoms with E-state index in [9.17, 15) is 22.4 Å². The maximum absolute atomic E-state index is 12.5. The lowest BCUT2D eigenvalue weighted by molar-refractivity contribution is -0.274. The highest BCUT2D eigenvalue weighted by atomic mass is 19.4. The van der Waals surface area contributed by atoms with Crippen LogP contribution >= 0.6 is 0 Å². The summed E-state index contributed by atoms with van der Waals surface area (Å²) in [6.07, 6.45) is -5.02. The van der Waals surface area contributed by atoms with Crippen LogP contribution in [0.3, 0.4) is 0 Å². The molecule has 1 rings (SSSR count). The maximum atomic E-state index is 12.5. The molecule has 0 aliphatic rings. The number of nitrogen functional groups attached to an aromatic ring is 1. The highest BCUT2D eigenvalue weighted by Gasteiger charge is 2.33. The molecular formula is C10H10F4N2O3. The predicted octanol–water partition coefficient (Wildman–Crippen LogP) is 2.21. The van der Waals surface area contributed by atoms with Crippen molar-refractivity contribution in [3.05, 3.63) is 17.5 Å². The van der Waals surface area contributed by atoms with Crippen LogP contribution in [0.5, 0.6) is 5.75 Å². The van der Waals surface area contributed by atoms with Gasteiger partial charge in [-0.1, -0.05) is 0 Å². The van der Waals surface area contributed by atoms with Gasteiger partial charge in [-0.3, -0.25) is 0 Å². The topological polar surface area (TPSA) is 74.4 Å². The van der Waals surface area contributed by atoms with Crippen molar-refractivity contribution in [2.45, 2.75) is 20.0 Å². The minimum absolute atomic E-state index is 0.0325. The van der Waals surface area contributed by atoms with Crippen molar-refractivity contribution >= 4 is 11.7 Å². The van der Waals surface area contributed by atoms with Gasteiger partial charge in [0.05, 0.1) is 12.3 Å². The number of esters is 1. The van der Waals surface area contributed by atoms with Crippen molar-refractivity contribution in [1.82, 2.24) is 4.98 Å². The van der Waals surface area contributed by atoms with Gasteiger partial charge < -0.3 is 15.2 Å². The number of nitrogens with two attached hydrogens (primary N) is 1. The van der Waals surface area contributed by atoms with E-state index in [2.05, 4.69) is 14.5 Å². The summed E-state index contributed by atoms with van der Waals surface area (Å²) < 4.78 is 57.1. The van der Waals surface area contributed by atoms with Crippen LogP contribution in [0.15, 0.2) is 6.07 Å². The molecule has 0 bridgehead atoms. The number of halogens is 4. The highest BCUT2D eigenvalue weighted by molar-refractivity contribution is 5.94. The van der Waals surface area contributed by atoms with Gasteiger partial charge in [0.15, 0.2) is 11.4 Å². The van der Waals surface area contributed by atoms with E-state index in [4.69, 9.17) is 5.73 Å². The summed E-state index contributed by atoms with van der Waals surface area (Å²) in [6, 6.07) is 0.672. The van der Waals surface area contributed by atoms with Crippen molar-refractivity contribution in [2.75, 3.05) is 12.3 Å². The minimum Gasteiger partial charge on any atom is -0.461 e. The van der Waals surface area contributed by atoms with Crippen molar-refractivity contribution in [3.63, 3.8) is 0 Å². The Labute approximate surface area is 105 Å². The van der Waals surface area contributed by atoms with Crippen molar-refractivity contribution in [1.29, 1.82) is 0 Å². The summed E-state index contributed by atoms with van der Waals surface area (Å²) in [5.41, 5.74) is 3.64. The summed E-state index contributed by atoms with van der Waals surface area (Å²) in [4.78, 5) is 14.9. The third kappa shape index (κ3) is 3.97. The molecule has 0 spiro atoms. The van der Waals surface area contributed by atoms with Gasteiger partial charge in [-0.05, 0) is 6.92 Å². The Morgan fingerprint density at radius 2 is 2.11 bits per heavy atom. The van der Waals surface area contributed by atoms with Crippen LogP contribution in [0, 0.1) is 0 Å². The number of nitrogens with zero attached hydrogens (tertiary/aromatic N) is 1. The molecule has 0 saturated heterocycles. The minimum atomic E-state index is -5.02. The van der Waals surface area contributed by atoms with Gasteiger partial charge in [0.1, 0.15) is 12.4 Å². The molecule has 1 aromatic heterocycles. The van der Waals surface area contributed by atoms with Gasteiger partial charge >= 0.3 is 12.3 Å². The second-order valence-corrected chi connectivity index (χ2v) is 3.28. The highest BCUT2D eigenvalue weighted by Crippen LogP contribution is 2.31. The molecule has 106 valence electrons. The molecular weight excluding hydrogens is 272 g/mol. The lowest BCUT2D eigenvalue weighted by atomic mass is 10.2. The molecule has 0 aliphatic carbocycles. The molecule has 5 nitrogen and oxygen atoms in total. The number of hydrogen-bond acceptors (Lipinski definition) is 5. The maximum Gasteiger partial charge on any atom is 0.573 e. The summed E-state index contributed by atoms with van der Waals surface area (Å²) in [7, 11) is 0. The number of carbonyl (C=O) groups excluding carboxylic acids is 1. The number of carbonyl (C=O) groups is 1. The molecule has 0 atom stereocenters. The van der Waals surface area contributed by atoms with Crippen LogP contribution in [-0.4, -0.2) is 23.9 Å². The molecule has 0 aromatic carbocycles. The molecule has 1 aromatic rings. The Kier molecular flexibility index (Phi) is 4.52. The van der Waals surface area contributed by atoms with Crippen molar-refractivity contribution < 1.29 is 31.8 Å². The van der Waals surface area contributed by atoms with Crippen LogP contribution in [0.2, 0.25) is 0 Å². The molecule has 0 radical (unpaired) electrons. The molecule has 19 heavy (non-hydrogen) atoms. The second-order valence-electron chi connectivity index (χ2n) is 3.28. The Morgan fingerprint density at radius 1 is 1.47 bits per heavy atom. The number of pyridine rings is 1. The summed E-state index contributed by atoms with van der Waals surface area (Å²) in [5.74, 6) is -1.94. The SMILES string of the molecule is CCOC(=O)c1nc(CF)cc(OC(F)(F)F)c1N. The predicted molar refractivity (Wildman–Crippen MR) is 56.1 cm³/mol. The second kappa shape index (κ2) is 5.72. The van der Waals surface area contributed by atoms with Gasteiger partial charge in [-0.15, -0.1) is 13.2 Å². The Hall–Kier alpha value is -2.06. The zero-order valence-corrected chi connectivity index (χ0v) is 9.75. The van der Waals surface area contributed by atoms with Crippen LogP contribution in [-0.2, 0) is 11.4 Å². The fraction of sp³-hybridized carbons (Fsp3) is 0.400. The lowest BCUT2D eigenvalue weighted by Gasteiger charge is -2.14. The monoisotopic (exact) mass is 282 g/mol. The van der Waals surface area contributed by atoms with Gasteiger partial charge in [0, 0.05) is 6.07 Å². The smallest absolute Gasteiger partial charge is 0.461 e. The van der Waals surface area contributed by atoms with Gasteiger partial charge in [0.2, 0.25) is 0 Å². The number of hydrogen-bond donors (Lipinski definition) is 1. The fourth-order valence-corrected chi connectivity index (χ4v) is 1.21. The first kappa shape index (κ1) is 15.0. The fourth-order valence-electron chi connectivity index (χ4n) is 1.21. The Bertz CT molecular complexity index is 477.